The highest BCUT2D eigenvalue weighted by Gasteiger charge is 2.31. The van der Waals surface area contributed by atoms with Gasteiger partial charge in [-0.3, -0.25) is 24.6 Å². The smallest absolute Gasteiger partial charge is 0.259 e. The van der Waals surface area contributed by atoms with Gasteiger partial charge in [0.15, 0.2) is 0 Å². The molecule has 2 aromatic rings. The number of hydrogen-bond donors (Lipinski definition) is 2. The van der Waals surface area contributed by atoms with Crippen LogP contribution in [0.1, 0.15) is 45.2 Å². The van der Waals surface area contributed by atoms with Crippen LogP contribution < -0.4 is 10.6 Å². The maximum absolute atomic E-state index is 13.7. The van der Waals surface area contributed by atoms with E-state index in [4.69, 9.17) is 0 Å². The first-order valence-electron chi connectivity index (χ1n) is 8.83. The van der Waals surface area contributed by atoms with Gasteiger partial charge in [-0.05, 0) is 61.8 Å². The average Bonchev–Trinajstić information content (AvgIpc) is 3.24. The van der Waals surface area contributed by atoms with Crippen molar-refractivity contribution in [3.05, 3.63) is 65.0 Å². The Labute approximate surface area is 155 Å². The Morgan fingerprint density at radius 2 is 1.78 bits per heavy atom. The first kappa shape index (κ1) is 17.4. The topological polar surface area (TPSA) is 78.5 Å². The van der Waals surface area contributed by atoms with Crippen LogP contribution in [-0.4, -0.2) is 35.7 Å². The third-order valence-corrected chi connectivity index (χ3v) is 4.92. The first-order chi connectivity index (χ1) is 13.0. The van der Waals surface area contributed by atoms with E-state index in [0.29, 0.717) is 16.8 Å². The number of nitrogens with one attached hydrogen (secondary N) is 2. The molecule has 2 heterocycles. The van der Waals surface area contributed by atoms with Crippen molar-refractivity contribution in [3.63, 3.8) is 0 Å². The van der Waals surface area contributed by atoms with Gasteiger partial charge in [0.05, 0.1) is 11.1 Å². The maximum atomic E-state index is 13.7. The number of hydrogen-bond acceptors (Lipinski definition) is 4. The van der Waals surface area contributed by atoms with Gasteiger partial charge < -0.3 is 5.32 Å². The van der Waals surface area contributed by atoms with E-state index in [1.807, 2.05) is 4.90 Å². The molecule has 27 heavy (non-hydrogen) atoms. The highest BCUT2D eigenvalue weighted by atomic mass is 19.1. The molecule has 1 atom stereocenters. The zero-order valence-electron chi connectivity index (χ0n) is 14.5. The zero-order chi connectivity index (χ0) is 19.0. The molecule has 0 saturated carbocycles. The minimum Gasteiger partial charge on any atom is -0.324 e. The summed E-state index contributed by atoms with van der Waals surface area (Å²) in [5.74, 6) is -1.61. The third kappa shape index (κ3) is 3.33. The molecule has 0 bridgehead atoms. The van der Waals surface area contributed by atoms with Crippen molar-refractivity contribution in [2.24, 2.45) is 0 Å². The summed E-state index contributed by atoms with van der Waals surface area (Å²) in [4.78, 5) is 38.5. The summed E-state index contributed by atoms with van der Waals surface area (Å²) in [5.41, 5.74) is 1.54. The molecule has 0 aliphatic carbocycles. The van der Waals surface area contributed by atoms with Crippen LogP contribution in [0.4, 0.5) is 10.1 Å². The number of carbonyl (C=O) groups is 3. The Morgan fingerprint density at radius 3 is 2.52 bits per heavy atom. The summed E-state index contributed by atoms with van der Waals surface area (Å²) in [6.07, 6.45) is 1.97. The second-order valence-electron chi connectivity index (χ2n) is 6.73. The van der Waals surface area contributed by atoms with Gasteiger partial charge in [0.1, 0.15) is 11.9 Å². The van der Waals surface area contributed by atoms with Crippen molar-refractivity contribution in [2.75, 3.05) is 18.4 Å². The van der Waals surface area contributed by atoms with E-state index in [0.717, 1.165) is 25.9 Å². The molecule has 0 aromatic heterocycles. The zero-order valence-corrected chi connectivity index (χ0v) is 14.5. The number of likely N-dealkylation sites (tertiary alicyclic amines) is 1. The number of nitrogens with zero attached hydrogens (tertiary/aromatic N) is 1. The summed E-state index contributed by atoms with van der Waals surface area (Å²) in [6.45, 7) is 1.52. The molecule has 2 aromatic carbocycles. The molecule has 2 aliphatic heterocycles. The second-order valence-corrected chi connectivity index (χ2v) is 6.73. The number of imide groups is 1. The summed E-state index contributed by atoms with van der Waals surface area (Å²) in [6, 6.07) is 10.0. The predicted octanol–water partition coefficient (Wildman–Crippen LogP) is 2.48. The lowest BCUT2D eigenvalue weighted by Crippen LogP contribution is -2.35. The molecule has 1 saturated heterocycles. The molecule has 2 aliphatic rings. The molecule has 138 valence electrons. The number of halogens is 1. The van der Waals surface area contributed by atoms with Gasteiger partial charge in [-0.1, -0.05) is 12.1 Å². The molecule has 0 radical (unpaired) electrons. The average molecular weight is 367 g/mol. The monoisotopic (exact) mass is 367 g/mol. The number of benzene rings is 2. The molecule has 1 unspecified atom stereocenters. The predicted molar refractivity (Wildman–Crippen MR) is 96.8 cm³/mol. The van der Waals surface area contributed by atoms with Gasteiger partial charge in [0.2, 0.25) is 5.91 Å². The van der Waals surface area contributed by atoms with Crippen LogP contribution in [-0.2, 0) is 4.79 Å². The first-order valence-corrected chi connectivity index (χ1v) is 8.83. The van der Waals surface area contributed by atoms with E-state index in [-0.39, 0.29) is 11.5 Å². The molecule has 3 amide bonds. The van der Waals surface area contributed by atoms with Crippen molar-refractivity contribution < 1.29 is 18.8 Å². The highest BCUT2D eigenvalue weighted by Crippen LogP contribution is 2.28. The van der Waals surface area contributed by atoms with Gasteiger partial charge in [-0.25, -0.2) is 4.39 Å². The van der Waals surface area contributed by atoms with E-state index in [9.17, 15) is 18.8 Å². The van der Waals surface area contributed by atoms with Crippen molar-refractivity contribution in [3.8, 4) is 0 Å². The number of fused-ring (bicyclic) bond motifs is 1. The van der Waals surface area contributed by atoms with Crippen LogP contribution in [0.5, 0.6) is 0 Å². The lowest BCUT2D eigenvalue weighted by Gasteiger charge is -2.27. The summed E-state index contributed by atoms with van der Waals surface area (Å²) in [5, 5.41) is 5.03. The van der Waals surface area contributed by atoms with E-state index < -0.39 is 23.7 Å². The van der Waals surface area contributed by atoms with Crippen molar-refractivity contribution in [1.29, 1.82) is 0 Å². The number of anilines is 1. The van der Waals surface area contributed by atoms with Crippen LogP contribution in [0.2, 0.25) is 0 Å². The van der Waals surface area contributed by atoms with Crippen LogP contribution >= 0.6 is 0 Å². The summed E-state index contributed by atoms with van der Waals surface area (Å²) in [7, 11) is 0. The van der Waals surface area contributed by atoms with Gasteiger partial charge in [0.25, 0.3) is 11.8 Å². The lowest BCUT2D eigenvalue weighted by molar-refractivity contribution is -0.121. The Balaban J connectivity index is 1.62. The highest BCUT2D eigenvalue weighted by molar-refractivity contribution is 6.22. The van der Waals surface area contributed by atoms with Gasteiger partial charge in [0, 0.05) is 5.69 Å². The quantitative estimate of drug-likeness (QED) is 0.814. The molecular formula is C20H18FN3O3. The second kappa shape index (κ2) is 6.92. The van der Waals surface area contributed by atoms with E-state index in [2.05, 4.69) is 10.6 Å². The van der Waals surface area contributed by atoms with E-state index >= 15 is 0 Å². The lowest BCUT2D eigenvalue weighted by atomic mass is 10.0. The van der Waals surface area contributed by atoms with Crippen molar-refractivity contribution >= 4 is 23.4 Å². The van der Waals surface area contributed by atoms with Gasteiger partial charge in [-0.2, -0.15) is 0 Å². The van der Waals surface area contributed by atoms with Crippen molar-refractivity contribution in [1.82, 2.24) is 10.2 Å². The molecule has 2 N–H and O–H groups in total. The molecule has 4 rings (SSSR count). The van der Waals surface area contributed by atoms with E-state index in [1.54, 1.807) is 18.2 Å². The van der Waals surface area contributed by atoms with Crippen LogP contribution in [0, 0.1) is 5.82 Å². The molecule has 1 fully saturated rings. The Kier molecular flexibility index (Phi) is 4.45. The summed E-state index contributed by atoms with van der Waals surface area (Å²) >= 11 is 0. The minimum absolute atomic E-state index is 0.237. The SMILES string of the molecule is O=C1NC(=O)c2cc(NC(=O)C(c3cccc(F)c3)N3CCCC3)ccc21. The Morgan fingerprint density at radius 1 is 1.04 bits per heavy atom. The fraction of sp³-hybridized carbons (Fsp3) is 0.250. The fourth-order valence-corrected chi connectivity index (χ4v) is 3.66. The number of carbonyl (C=O) groups excluding carboxylic acids is 3. The fourth-order valence-electron chi connectivity index (χ4n) is 3.66. The molecular weight excluding hydrogens is 349 g/mol. The van der Waals surface area contributed by atoms with Crippen LogP contribution in [0.3, 0.4) is 0 Å². The third-order valence-electron chi connectivity index (χ3n) is 4.92. The van der Waals surface area contributed by atoms with Gasteiger partial charge in [-0.15, -0.1) is 0 Å². The molecule has 6 nitrogen and oxygen atoms in total. The number of amides is 3. The Hall–Kier alpha value is -3.06. The molecule has 0 spiro atoms. The molecule has 7 heteroatoms. The largest absolute Gasteiger partial charge is 0.324 e. The number of rotatable bonds is 4. The minimum atomic E-state index is -0.619. The Bertz CT molecular complexity index is 938. The standard InChI is InChI=1S/C20H18FN3O3/c21-13-5-3-4-12(10-13)17(24-8-1-2-9-24)20(27)22-14-6-7-15-16(11-14)19(26)23-18(15)25/h3-7,10-11,17H,1-2,8-9H2,(H,22,27)(H,23,25,26). The van der Waals surface area contributed by atoms with Crippen LogP contribution in [0.25, 0.3) is 0 Å². The van der Waals surface area contributed by atoms with E-state index in [1.165, 1.54) is 24.3 Å². The normalized spacial score (nSPS) is 17.5. The van der Waals surface area contributed by atoms with Gasteiger partial charge >= 0.3 is 0 Å². The van der Waals surface area contributed by atoms with Crippen LogP contribution in [0.15, 0.2) is 42.5 Å². The summed E-state index contributed by atoms with van der Waals surface area (Å²) < 4.78 is 13.7. The van der Waals surface area contributed by atoms with Crippen molar-refractivity contribution in [2.45, 2.75) is 18.9 Å². The maximum Gasteiger partial charge on any atom is 0.259 e.